The Morgan fingerprint density at radius 3 is 2.79 bits per heavy atom. The number of hydrogen-bond donors (Lipinski definition) is 2. The molecule has 0 aromatic carbocycles. The van der Waals surface area contributed by atoms with Crippen LogP contribution in [0.2, 0.25) is 0 Å². The first-order chi connectivity index (χ1) is 13.4. The van der Waals surface area contributed by atoms with Crippen LogP contribution in [0, 0.1) is 17.8 Å². The molecule has 5 rings (SSSR count). The molecular formula is C16H15F4N7O. The van der Waals surface area contributed by atoms with Crippen LogP contribution < -0.4 is 10.1 Å². The van der Waals surface area contributed by atoms with Crippen molar-refractivity contribution in [1.29, 1.82) is 0 Å². The fourth-order valence-corrected chi connectivity index (χ4v) is 4.01. The van der Waals surface area contributed by atoms with Gasteiger partial charge in [-0.15, -0.1) is 0 Å². The van der Waals surface area contributed by atoms with Gasteiger partial charge in [-0.05, 0) is 18.8 Å². The van der Waals surface area contributed by atoms with Gasteiger partial charge in [-0.1, -0.05) is 0 Å². The highest BCUT2D eigenvalue weighted by molar-refractivity contribution is 5.71. The second-order valence-corrected chi connectivity index (χ2v) is 7.14. The molecule has 148 valence electrons. The molecule has 0 bridgehead atoms. The molecule has 8 nitrogen and oxygen atoms in total. The Morgan fingerprint density at radius 2 is 2.04 bits per heavy atom. The van der Waals surface area contributed by atoms with E-state index in [9.17, 15) is 17.6 Å². The number of alkyl halides is 4. The minimum atomic E-state index is -2.96. The van der Waals surface area contributed by atoms with Gasteiger partial charge in [-0.2, -0.15) is 19.0 Å². The van der Waals surface area contributed by atoms with Crippen molar-refractivity contribution in [2.45, 2.75) is 31.9 Å². The van der Waals surface area contributed by atoms with Crippen molar-refractivity contribution < 1.29 is 22.3 Å². The number of H-pyrrole nitrogens is 1. The quantitative estimate of drug-likeness (QED) is 0.621. The van der Waals surface area contributed by atoms with E-state index in [2.05, 4.69) is 35.3 Å². The average Bonchev–Trinajstić information content (AvgIpc) is 3.16. The first kappa shape index (κ1) is 17.2. The molecule has 2 fully saturated rings. The van der Waals surface area contributed by atoms with Gasteiger partial charge in [0.25, 0.3) is 5.92 Å². The highest BCUT2D eigenvalue weighted by atomic mass is 19.3. The molecule has 0 aliphatic heterocycles. The van der Waals surface area contributed by atoms with E-state index >= 15 is 0 Å². The van der Waals surface area contributed by atoms with Crippen molar-refractivity contribution in [2.75, 3.05) is 5.32 Å². The number of nitrogens with one attached hydrogen (secondary N) is 2. The monoisotopic (exact) mass is 397 g/mol. The standard InChI is InChI=1S/C16H15F4N7O/c17-15(18)28-13-3-11(25-26-13)23-12-5-21-10-4-22-27(14(10)24-12)6-7-1-8-9(2-7)16(8,19)20/h3-5,7-9,15H,1-2,6H2,(H2,23,24,25,26)/t7-,8+,9-. The van der Waals surface area contributed by atoms with Crippen LogP contribution in [0.4, 0.5) is 29.2 Å². The number of anilines is 2. The molecule has 0 unspecified atom stereocenters. The van der Waals surface area contributed by atoms with E-state index in [0.717, 1.165) is 0 Å². The summed E-state index contributed by atoms with van der Waals surface area (Å²) in [5.41, 5.74) is 1.08. The maximum atomic E-state index is 13.4. The number of rotatable bonds is 6. The number of ether oxygens (including phenoxy) is 1. The smallest absolute Gasteiger partial charge is 0.388 e. The molecule has 3 aromatic rings. The third kappa shape index (κ3) is 2.92. The van der Waals surface area contributed by atoms with E-state index in [1.807, 2.05) is 0 Å². The predicted octanol–water partition coefficient (Wildman–Crippen LogP) is 3.19. The van der Waals surface area contributed by atoms with Crippen molar-refractivity contribution in [3.05, 3.63) is 18.5 Å². The van der Waals surface area contributed by atoms with Gasteiger partial charge < -0.3 is 10.1 Å². The van der Waals surface area contributed by atoms with Crippen LogP contribution >= 0.6 is 0 Å². The van der Waals surface area contributed by atoms with Gasteiger partial charge in [0.2, 0.25) is 5.88 Å². The number of aromatic nitrogens is 6. The summed E-state index contributed by atoms with van der Waals surface area (Å²) in [4.78, 5) is 8.69. The van der Waals surface area contributed by atoms with Crippen LogP contribution in [0.15, 0.2) is 18.5 Å². The molecule has 2 aliphatic carbocycles. The van der Waals surface area contributed by atoms with Gasteiger partial charge in [0, 0.05) is 24.4 Å². The third-order valence-corrected chi connectivity index (χ3v) is 5.34. The molecule has 0 spiro atoms. The highest BCUT2D eigenvalue weighted by Crippen LogP contribution is 2.65. The normalized spacial score (nSPS) is 25.2. The van der Waals surface area contributed by atoms with E-state index in [1.165, 1.54) is 12.3 Å². The molecule has 2 N–H and O–H groups in total. The Labute approximate surface area is 155 Å². The van der Waals surface area contributed by atoms with E-state index < -0.39 is 24.4 Å². The van der Waals surface area contributed by atoms with Crippen molar-refractivity contribution in [1.82, 2.24) is 29.9 Å². The van der Waals surface area contributed by atoms with Gasteiger partial charge >= 0.3 is 6.61 Å². The SMILES string of the molecule is FC(F)Oc1cc(Nc2cnc3cnn(C[C@H]4C[C@@H]5[C@H](C4)C5(F)F)c3n2)n[nH]1. The number of hydrogen-bond acceptors (Lipinski definition) is 6. The summed E-state index contributed by atoms with van der Waals surface area (Å²) >= 11 is 0. The average molecular weight is 397 g/mol. The van der Waals surface area contributed by atoms with E-state index in [-0.39, 0.29) is 17.6 Å². The second kappa shape index (κ2) is 6.04. The van der Waals surface area contributed by atoms with Crippen LogP contribution in [0.25, 0.3) is 11.2 Å². The van der Waals surface area contributed by atoms with Gasteiger partial charge in [0.05, 0.1) is 12.4 Å². The van der Waals surface area contributed by atoms with Crippen LogP contribution in [0.5, 0.6) is 5.88 Å². The zero-order valence-electron chi connectivity index (χ0n) is 14.3. The summed E-state index contributed by atoms with van der Waals surface area (Å²) in [7, 11) is 0. The summed E-state index contributed by atoms with van der Waals surface area (Å²) in [6.45, 7) is -2.46. The fourth-order valence-electron chi connectivity index (χ4n) is 4.01. The molecule has 0 amide bonds. The Bertz CT molecular complexity index is 1010. The van der Waals surface area contributed by atoms with Gasteiger partial charge in [0.15, 0.2) is 17.3 Å². The lowest BCUT2D eigenvalue weighted by Gasteiger charge is -2.14. The molecule has 0 saturated heterocycles. The topological polar surface area (TPSA) is 93.5 Å². The number of fused-ring (bicyclic) bond motifs is 2. The highest BCUT2D eigenvalue weighted by Gasteiger charge is 2.71. The molecule has 28 heavy (non-hydrogen) atoms. The van der Waals surface area contributed by atoms with Crippen molar-refractivity contribution in [3.8, 4) is 5.88 Å². The number of aromatic amines is 1. The predicted molar refractivity (Wildman–Crippen MR) is 88.5 cm³/mol. The molecule has 3 heterocycles. The molecule has 12 heteroatoms. The second-order valence-electron chi connectivity index (χ2n) is 7.14. The Hall–Kier alpha value is -2.92. The zero-order chi connectivity index (χ0) is 19.5. The lowest BCUT2D eigenvalue weighted by molar-refractivity contribution is -0.0528. The first-order valence-corrected chi connectivity index (χ1v) is 8.74. The fraction of sp³-hybridized carbons (Fsp3) is 0.500. The molecule has 2 aliphatic rings. The van der Waals surface area contributed by atoms with Crippen molar-refractivity contribution in [2.24, 2.45) is 17.8 Å². The summed E-state index contributed by atoms with van der Waals surface area (Å²) < 4.78 is 57.0. The Kier molecular flexibility index (Phi) is 3.71. The summed E-state index contributed by atoms with van der Waals surface area (Å²) in [5, 5.41) is 13.2. The summed E-state index contributed by atoms with van der Waals surface area (Å²) in [6.07, 6.45) is 4.01. The van der Waals surface area contributed by atoms with E-state index in [4.69, 9.17) is 0 Å². The van der Waals surface area contributed by atoms with E-state index in [0.29, 0.717) is 36.4 Å². The number of nitrogens with zero attached hydrogens (tertiary/aromatic N) is 5. The maximum Gasteiger partial charge on any atom is 0.388 e. The Morgan fingerprint density at radius 1 is 1.25 bits per heavy atom. The number of halogens is 4. The lowest BCUT2D eigenvalue weighted by Crippen LogP contribution is -2.15. The first-order valence-electron chi connectivity index (χ1n) is 8.74. The molecule has 0 radical (unpaired) electrons. The molecular weight excluding hydrogens is 382 g/mol. The lowest BCUT2D eigenvalue weighted by atomic mass is 10.0. The Balaban J connectivity index is 1.30. The summed E-state index contributed by atoms with van der Waals surface area (Å²) in [5.74, 6) is -2.96. The molecule has 3 aromatic heterocycles. The zero-order valence-corrected chi connectivity index (χ0v) is 14.3. The minimum Gasteiger partial charge on any atom is -0.417 e. The summed E-state index contributed by atoms with van der Waals surface area (Å²) in [6, 6.07) is 1.26. The largest absolute Gasteiger partial charge is 0.417 e. The molecule has 2 saturated carbocycles. The maximum absolute atomic E-state index is 13.4. The van der Waals surface area contributed by atoms with Gasteiger partial charge in [-0.25, -0.2) is 28.5 Å². The van der Waals surface area contributed by atoms with Crippen LogP contribution in [-0.2, 0) is 6.54 Å². The van der Waals surface area contributed by atoms with E-state index in [1.54, 1.807) is 10.9 Å². The van der Waals surface area contributed by atoms with Gasteiger partial charge in [0.1, 0.15) is 5.52 Å². The van der Waals surface area contributed by atoms with Crippen LogP contribution in [-0.4, -0.2) is 42.5 Å². The van der Waals surface area contributed by atoms with Crippen LogP contribution in [0.1, 0.15) is 12.8 Å². The van der Waals surface area contributed by atoms with Crippen molar-refractivity contribution >= 4 is 22.8 Å². The molecule has 3 atom stereocenters. The van der Waals surface area contributed by atoms with Gasteiger partial charge in [-0.3, -0.25) is 0 Å². The third-order valence-electron chi connectivity index (χ3n) is 5.34. The minimum absolute atomic E-state index is 0.136. The van der Waals surface area contributed by atoms with Crippen LogP contribution in [0.3, 0.4) is 0 Å². The van der Waals surface area contributed by atoms with Crippen molar-refractivity contribution in [3.63, 3.8) is 0 Å².